The lowest BCUT2D eigenvalue weighted by Crippen LogP contribution is -2.14. The molecule has 0 bridgehead atoms. The SMILES string of the molecule is CCOc1cc(C#N)cc(Cl)c1OC(=O)c1cc(OC)c(OCCOC)cc1[N+](=O)[O-]. The first kappa shape index (κ1) is 23.7. The molecule has 164 valence electrons. The molecule has 0 aliphatic rings. The second-order valence-corrected chi connectivity index (χ2v) is 6.25. The summed E-state index contributed by atoms with van der Waals surface area (Å²) in [6, 6.07) is 6.75. The van der Waals surface area contributed by atoms with Crippen molar-refractivity contribution in [1.29, 1.82) is 5.26 Å². The minimum absolute atomic E-state index is 0.0500. The maximum Gasteiger partial charge on any atom is 0.350 e. The quantitative estimate of drug-likeness (QED) is 0.174. The van der Waals surface area contributed by atoms with Crippen LogP contribution < -0.4 is 18.9 Å². The Morgan fingerprint density at radius 1 is 1.13 bits per heavy atom. The first-order chi connectivity index (χ1) is 14.9. The Labute approximate surface area is 182 Å². The van der Waals surface area contributed by atoms with Crippen LogP contribution >= 0.6 is 11.6 Å². The van der Waals surface area contributed by atoms with Gasteiger partial charge < -0.3 is 23.7 Å². The number of ether oxygens (including phenoxy) is 5. The maximum atomic E-state index is 12.8. The van der Waals surface area contributed by atoms with E-state index in [-0.39, 0.29) is 59.0 Å². The number of esters is 1. The van der Waals surface area contributed by atoms with E-state index in [1.54, 1.807) is 6.92 Å². The van der Waals surface area contributed by atoms with E-state index >= 15 is 0 Å². The van der Waals surface area contributed by atoms with Gasteiger partial charge in [0.1, 0.15) is 12.2 Å². The minimum Gasteiger partial charge on any atom is -0.493 e. The number of nitro benzene ring substituents is 1. The van der Waals surface area contributed by atoms with Crippen LogP contribution in [0, 0.1) is 21.4 Å². The normalized spacial score (nSPS) is 10.2. The molecule has 0 saturated carbocycles. The van der Waals surface area contributed by atoms with Gasteiger partial charge in [-0.25, -0.2) is 4.79 Å². The van der Waals surface area contributed by atoms with Crippen molar-refractivity contribution in [1.82, 2.24) is 0 Å². The smallest absolute Gasteiger partial charge is 0.350 e. The van der Waals surface area contributed by atoms with Crippen LogP contribution in [0.5, 0.6) is 23.0 Å². The zero-order valence-electron chi connectivity index (χ0n) is 17.0. The summed E-state index contributed by atoms with van der Waals surface area (Å²) in [6.07, 6.45) is 0. The van der Waals surface area contributed by atoms with Crippen molar-refractivity contribution in [2.24, 2.45) is 0 Å². The van der Waals surface area contributed by atoms with E-state index in [0.717, 1.165) is 12.1 Å². The topological polar surface area (TPSA) is 130 Å². The lowest BCUT2D eigenvalue weighted by Gasteiger charge is -2.14. The van der Waals surface area contributed by atoms with E-state index in [0.29, 0.717) is 0 Å². The number of hydrogen-bond donors (Lipinski definition) is 0. The Morgan fingerprint density at radius 2 is 1.87 bits per heavy atom. The third-order valence-electron chi connectivity index (χ3n) is 3.88. The molecular formula is C20H19ClN2O8. The first-order valence-electron chi connectivity index (χ1n) is 8.93. The standard InChI is InChI=1S/C20H19ClN2O8/c1-4-29-18-8-12(11-22)7-14(21)19(18)31-20(24)13-9-16(28-3)17(30-6-5-27-2)10-15(13)23(25)26/h7-10H,4-6H2,1-3H3. The third kappa shape index (κ3) is 5.75. The number of halogens is 1. The molecule has 11 heteroatoms. The Hall–Kier alpha value is -3.55. The van der Waals surface area contributed by atoms with Crippen LogP contribution in [-0.2, 0) is 4.74 Å². The molecule has 0 amide bonds. The van der Waals surface area contributed by atoms with Crippen molar-refractivity contribution in [3.8, 4) is 29.1 Å². The predicted molar refractivity (Wildman–Crippen MR) is 109 cm³/mol. The molecule has 0 aliphatic heterocycles. The largest absolute Gasteiger partial charge is 0.493 e. The average Bonchev–Trinajstić information content (AvgIpc) is 2.75. The summed E-state index contributed by atoms with van der Waals surface area (Å²) in [5, 5.41) is 20.6. The van der Waals surface area contributed by atoms with Gasteiger partial charge in [-0.05, 0) is 13.0 Å². The highest BCUT2D eigenvalue weighted by molar-refractivity contribution is 6.32. The van der Waals surface area contributed by atoms with Crippen LogP contribution in [0.25, 0.3) is 0 Å². The number of hydrogen-bond acceptors (Lipinski definition) is 9. The van der Waals surface area contributed by atoms with Gasteiger partial charge in [0.2, 0.25) is 0 Å². The summed E-state index contributed by atoms with van der Waals surface area (Å²) in [4.78, 5) is 23.6. The van der Waals surface area contributed by atoms with Gasteiger partial charge in [0.15, 0.2) is 23.0 Å². The highest BCUT2D eigenvalue weighted by atomic mass is 35.5. The van der Waals surface area contributed by atoms with Crippen molar-refractivity contribution in [2.45, 2.75) is 6.92 Å². The molecule has 10 nitrogen and oxygen atoms in total. The van der Waals surface area contributed by atoms with Gasteiger partial charge in [-0.1, -0.05) is 11.6 Å². The summed E-state index contributed by atoms with van der Waals surface area (Å²) in [6.45, 7) is 2.26. The summed E-state index contributed by atoms with van der Waals surface area (Å²) in [7, 11) is 2.80. The Bertz CT molecular complexity index is 1020. The van der Waals surface area contributed by atoms with Crippen LogP contribution in [0.15, 0.2) is 24.3 Å². The Balaban J connectivity index is 2.47. The molecule has 0 N–H and O–H groups in total. The molecule has 2 aromatic rings. The number of carbonyl (C=O) groups excluding carboxylic acids is 1. The number of nitriles is 1. The Kier molecular flexibility index (Phi) is 8.43. The lowest BCUT2D eigenvalue weighted by molar-refractivity contribution is -0.385. The number of nitro groups is 1. The molecule has 0 aromatic heterocycles. The van der Waals surface area contributed by atoms with Crippen molar-refractivity contribution in [3.05, 3.63) is 50.5 Å². The molecule has 0 fully saturated rings. The molecule has 31 heavy (non-hydrogen) atoms. The highest BCUT2D eigenvalue weighted by Crippen LogP contribution is 2.39. The van der Waals surface area contributed by atoms with Crippen molar-refractivity contribution in [2.75, 3.05) is 34.0 Å². The van der Waals surface area contributed by atoms with E-state index < -0.39 is 16.6 Å². The number of benzene rings is 2. The summed E-state index contributed by atoms with van der Waals surface area (Å²) in [5.74, 6) is -1.03. The minimum atomic E-state index is -1.07. The zero-order chi connectivity index (χ0) is 23.0. The van der Waals surface area contributed by atoms with E-state index in [1.165, 1.54) is 26.4 Å². The molecule has 0 radical (unpaired) electrons. The highest BCUT2D eigenvalue weighted by Gasteiger charge is 2.28. The van der Waals surface area contributed by atoms with E-state index in [2.05, 4.69) is 0 Å². The van der Waals surface area contributed by atoms with Crippen molar-refractivity contribution >= 4 is 23.3 Å². The molecule has 2 aromatic carbocycles. The fourth-order valence-corrected chi connectivity index (χ4v) is 2.76. The number of nitrogens with zero attached hydrogens (tertiary/aromatic N) is 2. The summed E-state index contributed by atoms with van der Waals surface area (Å²) >= 11 is 6.14. The number of rotatable bonds is 10. The Morgan fingerprint density at radius 3 is 2.45 bits per heavy atom. The second kappa shape index (κ2) is 11.0. The fraction of sp³-hybridized carbons (Fsp3) is 0.300. The van der Waals surface area contributed by atoms with Gasteiger partial charge in [0.05, 0.1) is 48.0 Å². The zero-order valence-corrected chi connectivity index (χ0v) is 17.7. The second-order valence-electron chi connectivity index (χ2n) is 5.84. The first-order valence-corrected chi connectivity index (χ1v) is 9.30. The van der Waals surface area contributed by atoms with Crippen LogP contribution in [0.4, 0.5) is 5.69 Å². The van der Waals surface area contributed by atoms with Gasteiger partial charge in [-0.2, -0.15) is 5.26 Å². The van der Waals surface area contributed by atoms with Gasteiger partial charge in [0, 0.05) is 19.2 Å². The van der Waals surface area contributed by atoms with E-state index in [4.69, 9.17) is 40.5 Å². The number of carbonyl (C=O) groups is 1. The molecule has 0 aliphatic carbocycles. The maximum absolute atomic E-state index is 12.8. The molecule has 0 heterocycles. The van der Waals surface area contributed by atoms with Crippen LogP contribution in [0.2, 0.25) is 5.02 Å². The summed E-state index contributed by atoms with van der Waals surface area (Å²) < 4.78 is 26.2. The lowest BCUT2D eigenvalue weighted by atomic mass is 10.1. The van der Waals surface area contributed by atoms with Gasteiger partial charge in [-0.15, -0.1) is 0 Å². The van der Waals surface area contributed by atoms with E-state index in [1.807, 2.05) is 6.07 Å². The predicted octanol–water partition coefficient (Wildman–Crippen LogP) is 3.77. The van der Waals surface area contributed by atoms with Gasteiger partial charge >= 0.3 is 5.97 Å². The van der Waals surface area contributed by atoms with Crippen LogP contribution in [0.3, 0.4) is 0 Å². The third-order valence-corrected chi connectivity index (χ3v) is 4.16. The monoisotopic (exact) mass is 450 g/mol. The molecule has 2 rings (SSSR count). The molecule has 0 unspecified atom stereocenters. The van der Waals surface area contributed by atoms with Crippen molar-refractivity contribution in [3.63, 3.8) is 0 Å². The molecule has 0 atom stereocenters. The van der Waals surface area contributed by atoms with Gasteiger partial charge in [-0.3, -0.25) is 10.1 Å². The molecule has 0 saturated heterocycles. The fourth-order valence-electron chi connectivity index (χ4n) is 2.51. The average molecular weight is 451 g/mol. The van der Waals surface area contributed by atoms with Crippen LogP contribution in [-0.4, -0.2) is 44.9 Å². The van der Waals surface area contributed by atoms with E-state index in [9.17, 15) is 14.9 Å². The molecule has 0 spiro atoms. The summed E-state index contributed by atoms with van der Waals surface area (Å²) in [5.41, 5.74) is -0.747. The van der Waals surface area contributed by atoms with Gasteiger partial charge in [0.25, 0.3) is 5.69 Å². The van der Waals surface area contributed by atoms with Crippen LogP contribution in [0.1, 0.15) is 22.8 Å². The van der Waals surface area contributed by atoms with Crippen molar-refractivity contribution < 1.29 is 33.4 Å². The number of methoxy groups -OCH3 is 2. The molecular weight excluding hydrogens is 432 g/mol.